The molecule has 0 radical (unpaired) electrons. The number of aliphatic hydroxyl groups excluding tert-OH is 1. The minimum Gasteiger partial charge on any atom is -0.491 e. The van der Waals surface area contributed by atoms with E-state index in [2.05, 4.69) is 5.32 Å². The Morgan fingerprint density at radius 3 is 2.90 bits per heavy atom. The fourth-order valence-electron chi connectivity index (χ4n) is 1.80. The summed E-state index contributed by atoms with van der Waals surface area (Å²) in [5.41, 5.74) is 1.08. The van der Waals surface area contributed by atoms with E-state index in [0.717, 1.165) is 5.56 Å². The second-order valence-electron chi connectivity index (χ2n) is 5.04. The molecule has 1 aliphatic rings. The molecule has 2 N–H and O–H groups in total. The lowest BCUT2D eigenvalue weighted by Gasteiger charge is -2.13. The van der Waals surface area contributed by atoms with Gasteiger partial charge in [-0.3, -0.25) is 4.79 Å². The van der Waals surface area contributed by atoms with Gasteiger partial charge in [-0.05, 0) is 31.0 Å². The van der Waals surface area contributed by atoms with Crippen molar-refractivity contribution >= 4 is 29.1 Å². The Balaban J connectivity index is 1.68. The predicted octanol–water partition coefficient (Wildman–Crippen LogP) is 2.04. The number of ether oxygens (including phenoxy) is 1. The van der Waals surface area contributed by atoms with Crippen molar-refractivity contribution in [2.24, 2.45) is 5.92 Å². The molecule has 0 saturated heterocycles. The number of carbonyl (C=O) groups is 1. The van der Waals surface area contributed by atoms with Crippen molar-refractivity contribution in [3.8, 4) is 5.75 Å². The van der Waals surface area contributed by atoms with Crippen LogP contribution in [0.4, 0.5) is 0 Å². The zero-order chi connectivity index (χ0) is 14.8. The Hall–Kier alpha value is -0.970. The van der Waals surface area contributed by atoms with Crippen LogP contribution in [0.5, 0.6) is 5.75 Å². The average Bonchev–Trinajstić information content (AvgIpc) is 3.03. The number of alkyl halides is 2. The molecule has 2 atom stereocenters. The first-order chi connectivity index (χ1) is 9.38. The van der Waals surface area contributed by atoms with Gasteiger partial charge in [-0.25, -0.2) is 0 Å². The average molecular weight is 318 g/mol. The minimum atomic E-state index is -0.937. The Morgan fingerprint density at radius 1 is 1.60 bits per heavy atom. The highest BCUT2D eigenvalue weighted by Gasteiger charge is 2.56. The summed E-state index contributed by atoms with van der Waals surface area (Å²) in [6.07, 6.45) is -0.323. The van der Waals surface area contributed by atoms with Crippen LogP contribution in [0.1, 0.15) is 12.0 Å². The van der Waals surface area contributed by atoms with Gasteiger partial charge in [0.15, 0.2) is 0 Å². The van der Waals surface area contributed by atoms with Gasteiger partial charge in [0.05, 0.1) is 5.92 Å². The minimum absolute atomic E-state index is 0.112. The first kappa shape index (κ1) is 15.4. The molecule has 1 aliphatic carbocycles. The topological polar surface area (TPSA) is 58.6 Å². The standard InChI is InChI=1S/C14H17Cl2NO3/c1-9-3-2-4-11(5-9)20-8-10(18)7-17-13(19)12-6-14(12,15)16/h2-5,10,12,18H,6-8H2,1H3,(H,17,19). The van der Waals surface area contributed by atoms with E-state index in [1.165, 1.54) is 0 Å². The molecule has 1 amide bonds. The van der Waals surface area contributed by atoms with Crippen LogP contribution in [0.15, 0.2) is 24.3 Å². The summed E-state index contributed by atoms with van der Waals surface area (Å²) in [4.78, 5) is 11.6. The molecule has 4 nitrogen and oxygen atoms in total. The first-order valence-electron chi connectivity index (χ1n) is 6.41. The van der Waals surface area contributed by atoms with Gasteiger partial charge in [0.25, 0.3) is 0 Å². The Bertz CT molecular complexity index is 493. The monoisotopic (exact) mass is 317 g/mol. The molecule has 1 aromatic rings. The number of hydrogen-bond donors (Lipinski definition) is 2. The highest BCUT2D eigenvalue weighted by Crippen LogP contribution is 2.53. The molecule has 1 fully saturated rings. The smallest absolute Gasteiger partial charge is 0.226 e. The van der Waals surface area contributed by atoms with Crippen LogP contribution in [-0.2, 0) is 4.79 Å². The van der Waals surface area contributed by atoms with E-state index >= 15 is 0 Å². The molecule has 110 valence electrons. The van der Waals surface area contributed by atoms with Crippen molar-refractivity contribution in [1.29, 1.82) is 0 Å². The maximum atomic E-state index is 11.6. The van der Waals surface area contributed by atoms with Gasteiger partial charge in [-0.1, -0.05) is 12.1 Å². The summed E-state index contributed by atoms with van der Waals surface area (Å²) < 4.78 is 4.51. The highest BCUT2D eigenvalue weighted by molar-refractivity contribution is 6.52. The molecular weight excluding hydrogens is 301 g/mol. The quantitative estimate of drug-likeness (QED) is 0.789. The van der Waals surface area contributed by atoms with E-state index in [1.807, 2.05) is 31.2 Å². The van der Waals surface area contributed by atoms with Crippen LogP contribution >= 0.6 is 23.2 Å². The summed E-state index contributed by atoms with van der Waals surface area (Å²) in [7, 11) is 0. The van der Waals surface area contributed by atoms with Crippen molar-refractivity contribution in [3.05, 3.63) is 29.8 Å². The molecule has 0 spiro atoms. The fraction of sp³-hybridized carbons (Fsp3) is 0.500. The maximum Gasteiger partial charge on any atom is 0.226 e. The summed E-state index contributed by atoms with van der Waals surface area (Å²) >= 11 is 11.6. The molecule has 2 unspecified atom stereocenters. The van der Waals surface area contributed by atoms with E-state index < -0.39 is 10.4 Å². The van der Waals surface area contributed by atoms with Crippen molar-refractivity contribution < 1.29 is 14.6 Å². The second kappa shape index (κ2) is 6.20. The number of hydrogen-bond acceptors (Lipinski definition) is 3. The lowest BCUT2D eigenvalue weighted by atomic mass is 10.2. The number of amides is 1. The molecule has 0 aliphatic heterocycles. The van der Waals surface area contributed by atoms with Gasteiger partial charge in [-0.2, -0.15) is 0 Å². The van der Waals surface area contributed by atoms with Crippen LogP contribution in [0, 0.1) is 12.8 Å². The normalized spacial score (nSPS) is 21.1. The maximum absolute atomic E-state index is 11.6. The number of aliphatic hydroxyl groups is 1. The Labute approximate surface area is 128 Å². The molecular formula is C14H17Cl2NO3. The van der Waals surface area contributed by atoms with Crippen molar-refractivity contribution in [1.82, 2.24) is 5.32 Å². The zero-order valence-corrected chi connectivity index (χ0v) is 12.6. The van der Waals surface area contributed by atoms with Crippen molar-refractivity contribution in [3.63, 3.8) is 0 Å². The molecule has 6 heteroatoms. The number of carbonyl (C=O) groups excluding carboxylic acids is 1. The second-order valence-corrected chi connectivity index (χ2v) is 6.59. The van der Waals surface area contributed by atoms with E-state index in [0.29, 0.717) is 12.2 Å². The van der Waals surface area contributed by atoms with Gasteiger partial charge in [0.1, 0.15) is 22.8 Å². The number of nitrogens with one attached hydrogen (secondary N) is 1. The third-order valence-corrected chi connectivity index (χ3v) is 3.92. The van der Waals surface area contributed by atoms with Crippen LogP contribution in [0.2, 0.25) is 0 Å². The van der Waals surface area contributed by atoms with E-state index in [-0.39, 0.29) is 25.0 Å². The predicted molar refractivity (Wildman–Crippen MR) is 78.2 cm³/mol. The van der Waals surface area contributed by atoms with Crippen LogP contribution in [0.25, 0.3) is 0 Å². The largest absolute Gasteiger partial charge is 0.491 e. The molecule has 0 heterocycles. The summed E-state index contributed by atoms with van der Waals surface area (Å²) in [6.45, 7) is 2.19. The van der Waals surface area contributed by atoms with Crippen LogP contribution in [0.3, 0.4) is 0 Å². The third kappa shape index (κ3) is 4.27. The first-order valence-corrected chi connectivity index (χ1v) is 7.17. The van der Waals surface area contributed by atoms with Gasteiger partial charge in [0.2, 0.25) is 5.91 Å². The highest BCUT2D eigenvalue weighted by atomic mass is 35.5. The fourth-order valence-corrected chi connectivity index (χ4v) is 2.30. The molecule has 1 saturated carbocycles. The van der Waals surface area contributed by atoms with E-state index in [1.54, 1.807) is 0 Å². The van der Waals surface area contributed by atoms with Gasteiger partial charge in [0, 0.05) is 6.54 Å². The number of halogens is 2. The van der Waals surface area contributed by atoms with Crippen LogP contribution < -0.4 is 10.1 Å². The van der Waals surface area contributed by atoms with Crippen molar-refractivity contribution in [2.75, 3.05) is 13.2 Å². The Morgan fingerprint density at radius 2 is 2.30 bits per heavy atom. The lowest BCUT2D eigenvalue weighted by molar-refractivity contribution is -0.122. The summed E-state index contributed by atoms with van der Waals surface area (Å²) in [5, 5.41) is 12.4. The molecule has 1 aromatic carbocycles. The summed E-state index contributed by atoms with van der Waals surface area (Å²) in [5.74, 6) is 0.0819. The van der Waals surface area contributed by atoms with Gasteiger partial charge in [-0.15, -0.1) is 23.2 Å². The van der Waals surface area contributed by atoms with E-state index in [9.17, 15) is 9.90 Å². The van der Waals surface area contributed by atoms with E-state index in [4.69, 9.17) is 27.9 Å². The third-order valence-electron chi connectivity index (χ3n) is 3.09. The van der Waals surface area contributed by atoms with Crippen molar-refractivity contribution in [2.45, 2.75) is 23.8 Å². The van der Waals surface area contributed by atoms with Gasteiger partial charge < -0.3 is 15.2 Å². The van der Waals surface area contributed by atoms with Gasteiger partial charge >= 0.3 is 0 Å². The number of benzene rings is 1. The molecule has 0 aromatic heterocycles. The van der Waals surface area contributed by atoms with Crippen LogP contribution in [-0.4, -0.2) is 34.6 Å². The molecule has 0 bridgehead atoms. The molecule has 2 rings (SSSR count). The Kier molecular flexibility index (Phi) is 4.78. The number of aryl methyl sites for hydroxylation is 1. The molecule has 20 heavy (non-hydrogen) atoms. The zero-order valence-electron chi connectivity index (χ0n) is 11.1. The summed E-state index contributed by atoms with van der Waals surface area (Å²) in [6, 6.07) is 7.54. The lowest BCUT2D eigenvalue weighted by Crippen LogP contribution is -2.36. The number of rotatable bonds is 6. The SMILES string of the molecule is Cc1cccc(OCC(O)CNC(=O)C2CC2(Cl)Cl)c1.